The molecule has 3 nitrogen and oxygen atoms in total. The van der Waals surface area contributed by atoms with Gasteiger partial charge in [0.1, 0.15) is 0 Å². The lowest BCUT2D eigenvalue weighted by molar-refractivity contribution is -0.0955. The molecule has 1 saturated heterocycles. The predicted molar refractivity (Wildman–Crippen MR) is 52.7 cm³/mol. The Kier molecular flexibility index (Phi) is 3.71. The van der Waals surface area contributed by atoms with Gasteiger partial charge in [0.05, 0.1) is 11.7 Å². The minimum atomic E-state index is -0.554. The first kappa shape index (κ1) is 11.0. The molecule has 13 heavy (non-hydrogen) atoms. The van der Waals surface area contributed by atoms with Crippen LogP contribution in [0.4, 0.5) is 0 Å². The minimum absolute atomic E-state index is 0.188. The summed E-state index contributed by atoms with van der Waals surface area (Å²) in [5, 5.41) is 13.4. The fourth-order valence-corrected chi connectivity index (χ4v) is 1.70. The second kappa shape index (κ2) is 4.40. The van der Waals surface area contributed by atoms with Crippen LogP contribution in [-0.4, -0.2) is 36.0 Å². The average molecular weight is 187 g/mol. The number of rotatable bonds is 3. The zero-order valence-electron chi connectivity index (χ0n) is 8.84. The standard InChI is InChI=1S/C10H21NO2/c1-8(2)11-7-10(12)4-5-13-9(3)6-10/h8-9,11-12H,4-7H2,1-3H3. The van der Waals surface area contributed by atoms with Gasteiger partial charge < -0.3 is 15.2 Å². The van der Waals surface area contributed by atoms with Crippen LogP contribution >= 0.6 is 0 Å². The van der Waals surface area contributed by atoms with Crippen LogP contribution in [0.15, 0.2) is 0 Å². The Morgan fingerprint density at radius 3 is 2.85 bits per heavy atom. The van der Waals surface area contributed by atoms with Crippen molar-refractivity contribution < 1.29 is 9.84 Å². The van der Waals surface area contributed by atoms with Crippen molar-refractivity contribution >= 4 is 0 Å². The molecule has 1 aliphatic heterocycles. The van der Waals surface area contributed by atoms with Gasteiger partial charge in [-0.15, -0.1) is 0 Å². The molecular weight excluding hydrogens is 166 g/mol. The number of nitrogens with one attached hydrogen (secondary N) is 1. The van der Waals surface area contributed by atoms with Crippen LogP contribution in [0.2, 0.25) is 0 Å². The van der Waals surface area contributed by atoms with Gasteiger partial charge in [0.15, 0.2) is 0 Å². The lowest BCUT2D eigenvalue weighted by Gasteiger charge is -2.36. The van der Waals surface area contributed by atoms with Crippen LogP contribution < -0.4 is 5.32 Å². The molecule has 1 fully saturated rings. The summed E-state index contributed by atoms with van der Waals surface area (Å²) in [6, 6.07) is 0.433. The number of hydrogen-bond donors (Lipinski definition) is 2. The second-order valence-electron chi connectivity index (χ2n) is 4.40. The van der Waals surface area contributed by atoms with Gasteiger partial charge in [-0.3, -0.25) is 0 Å². The van der Waals surface area contributed by atoms with Crippen molar-refractivity contribution in [3.05, 3.63) is 0 Å². The molecule has 1 aliphatic rings. The van der Waals surface area contributed by atoms with E-state index in [-0.39, 0.29) is 6.10 Å². The van der Waals surface area contributed by atoms with E-state index in [0.29, 0.717) is 19.2 Å². The summed E-state index contributed by atoms with van der Waals surface area (Å²) < 4.78 is 5.39. The van der Waals surface area contributed by atoms with E-state index in [1.54, 1.807) is 0 Å². The molecule has 0 amide bonds. The molecule has 0 aliphatic carbocycles. The number of ether oxygens (including phenoxy) is 1. The van der Waals surface area contributed by atoms with E-state index in [4.69, 9.17) is 4.74 Å². The Hall–Kier alpha value is -0.120. The molecule has 0 aromatic carbocycles. The van der Waals surface area contributed by atoms with Crippen LogP contribution in [0.1, 0.15) is 33.6 Å². The van der Waals surface area contributed by atoms with Crippen molar-refractivity contribution in [2.75, 3.05) is 13.2 Å². The first-order valence-corrected chi connectivity index (χ1v) is 5.09. The highest BCUT2D eigenvalue weighted by Gasteiger charge is 2.32. The maximum atomic E-state index is 10.1. The molecule has 1 rings (SSSR count). The van der Waals surface area contributed by atoms with Gasteiger partial charge in [-0.05, 0) is 6.92 Å². The Morgan fingerprint density at radius 1 is 1.62 bits per heavy atom. The first-order valence-electron chi connectivity index (χ1n) is 5.09. The second-order valence-corrected chi connectivity index (χ2v) is 4.40. The lowest BCUT2D eigenvalue weighted by Crippen LogP contribution is -2.48. The molecule has 0 bridgehead atoms. The smallest absolute Gasteiger partial charge is 0.0818 e. The SMILES string of the molecule is CC(C)NCC1(O)CCOC(C)C1. The monoisotopic (exact) mass is 187 g/mol. The van der Waals surface area contributed by atoms with Crippen molar-refractivity contribution in [2.45, 2.75) is 51.4 Å². The lowest BCUT2D eigenvalue weighted by atomic mass is 9.90. The highest BCUT2D eigenvalue weighted by atomic mass is 16.5. The van der Waals surface area contributed by atoms with E-state index in [2.05, 4.69) is 19.2 Å². The Morgan fingerprint density at radius 2 is 2.31 bits per heavy atom. The van der Waals surface area contributed by atoms with Crippen molar-refractivity contribution in [2.24, 2.45) is 0 Å². The summed E-state index contributed by atoms with van der Waals surface area (Å²) in [7, 11) is 0. The van der Waals surface area contributed by atoms with Gasteiger partial charge in [-0.1, -0.05) is 13.8 Å². The van der Waals surface area contributed by atoms with Gasteiger partial charge in [-0.25, -0.2) is 0 Å². The van der Waals surface area contributed by atoms with Crippen LogP contribution in [0, 0.1) is 0 Å². The van der Waals surface area contributed by atoms with Gasteiger partial charge in [0.25, 0.3) is 0 Å². The predicted octanol–water partition coefficient (Wildman–Crippen LogP) is 0.914. The highest BCUT2D eigenvalue weighted by molar-refractivity contribution is 4.86. The molecule has 2 N–H and O–H groups in total. The molecular formula is C10H21NO2. The summed E-state index contributed by atoms with van der Waals surface area (Å²) in [4.78, 5) is 0. The quantitative estimate of drug-likeness (QED) is 0.690. The first-order chi connectivity index (χ1) is 6.02. The maximum Gasteiger partial charge on any atom is 0.0818 e. The number of aliphatic hydroxyl groups is 1. The van der Waals surface area contributed by atoms with E-state index in [1.807, 2.05) is 6.92 Å². The Bertz CT molecular complexity index is 161. The van der Waals surface area contributed by atoms with E-state index >= 15 is 0 Å². The molecule has 0 radical (unpaired) electrons. The van der Waals surface area contributed by atoms with Gasteiger partial charge >= 0.3 is 0 Å². The van der Waals surface area contributed by atoms with Crippen molar-refractivity contribution in [3.63, 3.8) is 0 Å². The summed E-state index contributed by atoms with van der Waals surface area (Å²) >= 11 is 0. The Labute approximate surface area is 80.5 Å². The third kappa shape index (κ3) is 3.63. The molecule has 2 unspecified atom stereocenters. The zero-order chi connectivity index (χ0) is 9.90. The van der Waals surface area contributed by atoms with E-state index in [0.717, 1.165) is 12.8 Å². The van der Waals surface area contributed by atoms with Crippen molar-refractivity contribution in [3.8, 4) is 0 Å². The zero-order valence-corrected chi connectivity index (χ0v) is 8.84. The molecule has 78 valence electrons. The largest absolute Gasteiger partial charge is 0.388 e. The van der Waals surface area contributed by atoms with Gasteiger partial charge in [0, 0.05) is 32.0 Å². The molecule has 0 spiro atoms. The molecule has 2 atom stereocenters. The summed E-state index contributed by atoms with van der Waals surface area (Å²) in [6.45, 7) is 7.55. The summed E-state index contributed by atoms with van der Waals surface area (Å²) in [5.74, 6) is 0. The maximum absolute atomic E-state index is 10.1. The van der Waals surface area contributed by atoms with E-state index in [9.17, 15) is 5.11 Å². The third-order valence-electron chi connectivity index (χ3n) is 2.48. The summed E-state index contributed by atoms with van der Waals surface area (Å²) in [6.07, 6.45) is 1.68. The van der Waals surface area contributed by atoms with Crippen molar-refractivity contribution in [1.29, 1.82) is 0 Å². The van der Waals surface area contributed by atoms with Crippen LogP contribution in [0.25, 0.3) is 0 Å². The van der Waals surface area contributed by atoms with E-state index < -0.39 is 5.60 Å². The Balaban J connectivity index is 2.35. The third-order valence-corrected chi connectivity index (χ3v) is 2.48. The topological polar surface area (TPSA) is 41.5 Å². The van der Waals surface area contributed by atoms with E-state index in [1.165, 1.54) is 0 Å². The molecule has 1 heterocycles. The molecule has 3 heteroatoms. The average Bonchev–Trinajstić information content (AvgIpc) is 2.01. The molecule has 0 aromatic heterocycles. The minimum Gasteiger partial charge on any atom is -0.388 e. The van der Waals surface area contributed by atoms with Crippen LogP contribution in [-0.2, 0) is 4.74 Å². The van der Waals surface area contributed by atoms with Crippen LogP contribution in [0.3, 0.4) is 0 Å². The number of hydrogen-bond acceptors (Lipinski definition) is 3. The van der Waals surface area contributed by atoms with Gasteiger partial charge in [0.2, 0.25) is 0 Å². The highest BCUT2D eigenvalue weighted by Crippen LogP contribution is 2.23. The van der Waals surface area contributed by atoms with Crippen molar-refractivity contribution in [1.82, 2.24) is 5.32 Å². The van der Waals surface area contributed by atoms with Gasteiger partial charge in [-0.2, -0.15) is 0 Å². The summed E-state index contributed by atoms with van der Waals surface area (Å²) in [5.41, 5.74) is -0.554. The normalized spacial score (nSPS) is 35.3. The van der Waals surface area contributed by atoms with Crippen LogP contribution in [0.5, 0.6) is 0 Å². The molecule has 0 aromatic rings. The fourth-order valence-electron chi connectivity index (χ4n) is 1.70. The fraction of sp³-hybridized carbons (Fsp3) is 1.00. The molecule has 0 saturated carbocycles.